The van der Waals surface area contributed by atoms with E-state index in [-0.39, 0.29) is 25.7 Å². The molecule has 558 valence electrons. The Morgan fingerprint density at radius 1 is 0.298 bits per heavy atom. The average Bonchev–Trinajstić information content (AvgIpc) is 1.22. The molecule has 3 N–H and O–H groups in total. The molecule has 0 amide bonds. The smallest absolute Gasteiger partial charge is 0.462 e. The zero-order valence-electron chi connectivity index (χ0n) is 61.3. The second kappa shape index (κ2) is 66.9. The number of unbranched alkanes of at least 4 members (excludes halogenated alkanes) is 42. The Morgan fingerprint density at radius 2 is 0.511 bits per heavy atom. The fraction of sp³-hybridized carbons (Fsp3) is 0.947. The molecule has 4 unspecified atom stereocenters. The van der Waals surface area contributed by atoms with Crippen molar-refractivity contribution < 1.29 is 80.2 Å². The molecule has 0 aromatic heterocycles. The van der Waals surface area contributed by atoms with E-state index < -0.39 is 97.5 Å². The summed E-state index contributed by atoms with van der Waals surface area (Å²) in [5.74, 6) is -0.440. The van der Waals surface area contributed by atoms with E-state index in [9.17, 15) is 43.2 Å². The van der Waals surface area contributed by atoms with Crippen LogP contribution < -0.4 is 0 Å². The molecule has 0 aromatic rings. The summed E-state index contributed by atoms with van der Waals surface area (Å²) in [5.41, 5.74) is 0. The first-order valence-electron chi connectivity index (χ1n) is 39.1. The number of aliphatic hydroxyl groups excluding tert-OH is 1. The van der Waals surface area contributed by atoms with Gasteiger partial charge in [-0.25, -0.2) is 9.13 Å². The number of ether oxygens (including phenoxy) is 4. The van der Waals surface area contributed by atoms with E-state index in [2.05, 4.69) is 41.5 Å². The van der Waals surface area contributed by atoms with Crippen molar-refractivity contribution in [1.29, 1.82) is 0 Å². The van der Waals surface area contributed by atoms with E-state index in [1.165, 1.54) is 199 Å². The van der Waals surface area contributed by atoms with Crippen molar-refractivity contribution in [2.45, 2.75) is 407 Å². The minimum Gasteiger partial charge on any atom is -0.462 e. The normalized spacial score (nSPS) is 14.6. The molecule has 0 aromatic carbocycles. The van der Waals surface area contributed by atoms with Gasteiger partial charge in [0.2, 0.25) is 0 Å². The van der Waals surface area contributed by atoms with Gasteiger partial charge in [-0.05, 0) is 37.5 Å². The molecule has 0 saturated heterocycles. The lowest BCUT2D eigenvalue weighted by atomic mass is 9.99. The van der Waals surface area contributed by atoms with E-state index in [4.69, 9.17) is 37.0 Å². The number of phosphoric ester groups is 2. The Labute approximate surface area is 575 Å². The van der Waals surface area contributed by atoms with E-state index >= 15 is 0 Å². The van der Waals surface area contributed by atoms with Gasteiger partial charge in [-0.15, -0.1) is 0 Å². The molecule has 0 heterocycles. The van der Waals surface area contributed by atoms with Crippen LogP contribution in [0.5, 0.6) is 0 Å². The third-order valence-corrected chi connectivity index (χ3v) is 20.1. The molecule has 0 fully saturated rings. The molecule has 0 bridgehead atoms. The fourth-order valence-electron chi connectivity index (χ4n) is 11.4. The van der Waals surface area contributed by atoms with Gasteiger partial charge in [-0.3, -0.25) is 37.3 Å². The Bertz CT molecular complexity index is 1820. The molecule has 7 atom stereocenters. The van der Waals surface area contributed by atoms with Crippen LogP contribution in [0.25, 0.3) is 0 Å². The SMILES string of the molecule is CCCCCCCCCCCCC(=O)O[C@H](COC(=O)CCCCCCCCCC)COP(=O)(O)OC[C@H](O)COP(=O)(O)OC[C@@H](COC(=O)CCCCCCCCCCCCC(C)CC)OC(=O)CCCCCCCCCCCCCCCCCCCCC(C)CC. The van der Waals surface area contributed by atoms with E-state index in [0.29, 0.717) is 25.7 Å². The van der Waals surface area contributed by atoms with Gasteiger partial charge in [0, 0.05) is 25.7 Å². The lowest BCUT2D eigenvalue weighted by Crippen LogP contribution is -2.30. The predicted octanol–water partition coefficient (Wildman–Crippen LogP) is 21.9. The van der Waals surface area contributed by atoms with Gasteiger partial charge in [-0.2, -0.15) is 0 Å². The summed E-state index contributed by atoms with van der Waals surface area (Å²) in [6.07, 6.45) is 54.1. The number of phosphoric acid groups is 2. The van der Waals surface area contributed by atoms with Crippen molar-refractivity contribution in [3.63, 3.8) is 0 Å². The summed E-state index contributed by atoms with van der Waals surface area (Å²) < 4.78 is 68.3. The summed E-state index contributed by atoms with van der Waals surface area (Å²) >= 11 is 0. The number of esters is 4. The minimum atomic E-state index is -4.96. The van der Waals surface area contributed by atoms with Crippen molar-refractivity contribution in [2.75, 3.05) is 39.6 Å². The molecule has 94 heavy (non-hydrogen) atoms. The van der Waals surface area contributed by atoms with E-state index in [1.807, 2.05) is 0 Å². The van der Waals surface area contributed by atoms with Gasteiger partial charge in [0.05, 0.1) is 26.4 Å². The van der Waals surface area contributed by atoms with Crippen molar-refractivity contribution in [3.05, 3.63) is 0 Å². The van der Waals surface area contributed by atoms with Crippen LogP contribution in [0.3, 0.4) is 0 Å². The van der Waals surface area contributed by atoms with Gasteiger partial charge in [0.1, 0.15) is 19.3 Å². The lowest BCUT2D eigenvalue weighted by Gasteiger charge is -2.21. The van der Waals surface area contributed by atoms with Gasteiger partial charge in [-0.1, -0.05) is 337 Å². The molecule has 0 saturated carbocycles. The number of rotatable bonds is 74. The highest BCUT2D eigenvalue weighted by Gasteiger charge is 2.30. The molecule has 17 nitrogen and oxygen atoms in total. The second-order valence-corrected chi connectivity index (χ2v) is 30.4. The van der Waals surface area contributed by atoms with Gasteiger partial charge < -0.3 is 33.8 Å². The maximum Gasteiger partial charge on any atom is 0.472 e. The average molecular weight is 1380 g/mol. The zero-order valence-corrected chi connectivity index (χ0v) is 63.1. The lowest BCUT2D eigenvalue weighted by molar-refractivity contribution is -0.161. The van der Waals surface area contributed by atoms with Crippen LogP contribution in [0.1, 0.15) is 388 Å². The minimum absolute atomic E-state index is 0.106. The highest BCUT2D eigenvalue weighted by Crippen LogP contribution is 2.45. The van der Waals surface area contributed by atoms with Crippen LogP contribution in [0, 0.1) is 11.8 Å². The van der Waals surface area contributed by atoms with Crippen molar-refractivity contribution in [3.8, 4) is 0 Å². The van der Waals surface area contributed by atoms with Gasteiger partial charge in [0.15, 0.2) is 12.2 Å². The molecular weight excluding hydrogens is 1230 g/mol. The molecule has 0 aliphatic rings. The first-order valence-corrected chi connectivity index (χ1v) is 42.1. The third kappa shape index (κ3) is 66.0. The maximum absolute atomic E-state index is 13.1. The Hall–Kier alpha value is -1.94. The molecule has 0 radical (unpaired) electrons. The van der Waals surface area contributed by atoms with E-state index in [1.54, 1.807) is 0 Å². The third-order valence-electron chi connectivity index (χ3n) is 18.2. The molecule has 0 aliphatic carbocycles. The van der Waals surface area contributed by atoms with Gasteiger partial charge >= 0.3 is 39.5 Å². The van der Waals surface area contributed by atoms with Crippen molar-refractivity contribution >= 4 is 39.5 Å². The largest absolute Gasteiger partial charge is 0.472 e. The summed E-state index contributed by atoms with van der Waals surface area (Å²) in [5, 5.41) is 10.6. The molecule has 0 rings (SSSR count). The van der Waals surface area contributed by atoms with Crippen LogP contribution in [-0.2, 0) is 65.4 Å². The van der Waals surface area contributed by atoms with Crippen molar-refractivity contribution in [1.82, 2.24) is 0 Å². The number of carbonyl (C=O) groups is 4. The first-order chi connectivity index (χ1) is 45.4. The predicted molar refractivity (Wildman–Crippen MR) is 381 cm³/mol. The molecule has 0 aliphatic heterocycles. The van der Waals surface area contributed by atoms with Gasteiger partial charge in [0.25, 0.3) is 0 Å². The Morgan fingerprint density at radius 3 is 0.755 bits per heavy atom. The summed E-state index contributed by atoms with van der Waals surface area (Å²) in [7, 11) is -9.90. The first kappa shape index (κ1) is 92.1. The monoisotopic (exact) mass is 1380 g/mol. The zero-order chi connectivity index (χ0) is 69.3. The van der Waals surface area contributed by atoms with Crippen LogP contribution >= 0.6 is 15.6 Å². The number of hydrogen-bond acceptors (Lipinski definition) is 15. The number of carbonyl (C=O) groups excluding carboxylic acids is 4. The maximum atomic E-state index is 13.1. The standard InChI is InChI=1S/C75H146O17P2/c1-7-11-13-15-17-19-34-41-47-53-59-74(79)91-70(63-85-72(77)57-51-45-39-18-16-14-12-8-2)65-89-93(81,82)87-61-69(76)62-88-94(83,84)90-66-71(64-86-73(78)58-52-46-40-35-31-30-33-38-44-50-56-68(6)10-4)92-75(80)60-54-48-42-36-29-27-25-23-21-20-22-24-26-28-32-37-43-49-55-67(5)9-3/h67-71,76H,7-66H2,1-6H3,(H,81,82)(H,83,84)/t67?,68?,69-,70+,71+/m0/s1. The quantitative estimate of drug-likeness (QED) is 0.0222. The molecule has 19 heteroatoms. The summed E-state index contributed by atoms with van der Waals surface area (Å²) in [4.78, 5) is 72.6. The van der Waals surface area contributed by atoms with Crippen LogP contribution in [-0.4, -0.2) is 96.7 Å². The molecule has 0 spiro atoms. The number of hydrogen-bond donors (Lipinski definition) is 3. The second-order valence-electron chi connectivity index (χ2n) is 27.5. The van der Waals surface area contributed by atoms with Crippen LogP contribution in [0.2, 0.25) is 0 Å². The Balaban J connectivity index is 5.16. The van der Waals surface area contributed by atoms with E-state index in [0.717, 1.165) is 108 Å². The number of aliphatic hydroxyl groups is 1. The topological polar surface area (TPSA) is 237 Å². The summed E-state index contributed by atoms with van der Waals surface area (Å²) in [6, 6.07) is 0. The van der Waals surface area contributed by atoms with Crippen LogP contribution in [0.4, 0.5) is 0 Å². The fourth-order valence-corrected chi connectivity index (χ4v) is 13.0. The Kier molecular flexibility index (Phi) is 65.5. The highest BCUT2D eigenvalue weighted by atomic mass is 31.2. The highest BCUT2D eigenvalue weighted by molar-refractivity contribution is 7.47. The molecular formula is C75H146O17P2. The van der Waals surface area contributed by atoms with Crippen LogP contribution in [0.15, 0.2) is 0 Å². The summed E-state index contributed by atoms with van der Waals surface area (Å²) in [6.45, 7) is 9.64. The van der Waals surface area contributed by atoms with Crippen molar-refractivity contribution in [2.24, 2.45) is 11.8 Å².